The second-order valence-electron chi connectivity index (χ2n) is 2.63. The van der Waals surface area contributed by atoms with Crippen LogP contribution in [0, 0.1) is 0 Å². The molecule has 0 amide bonds. The first kappa shape index (κ1) is 13.0. The van der Waals surface area contributed by atoms with Gasteiger partial charge in [-0.15, -0.1) is 0 Å². The summed E-state index contributed by atoms with van der Waals surface area (Å²) >= 11 is 2.39. The average Bonchev–Trinajstić information content (AvgIpc) is 1.79. The Labute approximate surface area is 78.6 Å². The van der Waals surface area contributed by atoms with E-state index < -0.39 is 33.2 Å². The van der Waals surface area contributed by atoms with Crippen molar-refractivity contribution in [1.29, 1.82) is 0 Å². The van der Waals surface area contributed by atoms with Crippen molar-refractivity contribution >= 4 is 22.5 Å². The monoisotopic (exact) mass is 240 g/mol. The van der Waals surface area contributed by atoms with E-state index in [0.29, 0.717) is 6.26 Å². The molecule has 0 unspecified atom stereocenters. The van der Waals surface area contributed by atoms with Crippen molar-refractivity contribution in [2.75, 3.05) is 12.0 Å². The quantitative estimate of drug-likeness (QED) is 0.598. The highest BCUT2D eigenvalue weighted by molar-refractivity contribution is 7.90. The Hall–Kier alpha value is 0.0200. The van der Waals surface area contributed by atoms with Crippen LogP contribution >= 0.6 is 12.6 Å². The van der Waals surface area contributed by atoms with E-state index in [0.717, 1.165) is 0 Å². The van der Waals surface area contributed by atoms with E-state index in [-0.39, 0.29) is 0 Å². The maximum absolute atomic E-state index is 12.4. The highest BCUT2D eigenvalue weighted by Crippen LogP contribution is 2.39. The van der Waals surface area contributed by atoms with Crippen molar-refractivity contribution in [2.24, 2.45) is 0 Å². The number of sulfone groups is 1. The second kappa shape index (κ2) is 3.64. The highest BCUT2D eigenvalue weighted by Gasteiger charge is 2.53. The van der Waals surface area contributed by atoms with Gasteiger partial charge in [0.2, 0.25) is 0 Å². The number of alkyl halides is 4. The molecule has 0 spiro atoms. The van der Waals surface area contributed by atoms with E-state index in [9.17, 15) is 26.0 Å². The van der Waals surface area contributed by atoms with E-state index in [1.807, 2.05) is 0 Å². The summed E-state index contributed by atoms with van der Waals surface area (Å²) in [6, 6.07) is 0. The molecule has 0 rings (SSSR count). The van der Waals surface area contributed by atoms with Gasteiger partial charge in [0.25, 0.3) is 0 Å². The molecule has 0 heterocycles. The fourth-order valence-corrected chi connectivity index (χ4v) is 1.20. The smallest absolute Gasteiger partial charge is 0.229 e. The first-order chi connectivity index (χ1) is 5.46. The van der Waals surface area contributed by atoms with Crippen molar-refractivity contribution in [3.63, 3.8) is 0 Å². The zero-order valence-corrected chi connectivity index (χ0v) is 8.31. The molecule has 8 heteroatoms. The fourth-order valence-electron chi connectivity index (χ4n) is 0.464. The molecule has 0 aliphatic heterocycles. The second-order valence-corrected chi connectivity index (χ2v) is 5.45. The molecule has 0 atom stereocenters. The number of rotatable bonds is 4. The first-order valence-corrected chi connectivity index (χ1v) is 5.62. The molecule has 80 valence electrons. The molecule has 0 saturated heterocycles. The molecule has 0 aliphatic carbocycles. The lowest BCUT2D eigenvalue weighted by Gasteiger charge is -2.21. The van der Waals surface area contributed by atoms with E-state index in [1.54, 1.807) is 0 Å². The Kier molecular flexibility index (Phi) is 3.65. The minimum absolute atomic E-state index is 0.694. The van der Waals surface area contributed by atoms with Crippen LogP contribution in [0.15, 0.2) is 0 Å². The van der Waals surface area contributed by atoms with Crippen LogP contribution in [0.3, 0.4) is 0 Å². The van der Waals surface area contributed by atoms with Gasteiger partial charge in [0.05, 0.1) is 5.75 Å². The Morgan fingerprint density at radius 2 is 1.62 bits per heavy atom. The average molecular weight is 240 g/mol. The number of halogens is 4. The van der Waals surface area contributed by atoms with Crippen LogP contribution in [0.4, 0.5) is 17.6 Å². The SMILES string of the molecule is CS(=O)(=O)CCC(F)(F)C(F)(F)S. The van der Waals surface area contributed by atoms with Crippen molar-refractivity contribution < 1.29 is 26.0 Å². The van der Waals surface area contributed by atoms with Crippen molar-refractivity contribution in [1.82, 2.24) is 0 Å². The van der Waals surface area contributed by atoms with Crippen LogP contribution in [-0.2, 0) is 9.84 Å². The zero-order chi connectivity index (χ0) is 10.9. The number of hydrogen-bond acceptors (Lipinski definition) is 3. The van der Waals surface area contributed by atoms with Gasteiger partial charge in [-0.2, -0.15) is 17.6 Å². The van der Waals surface area contributed by atoms with Gasteiger partial charge in [-0.1, -0.05) is 12.6 Å². The summed E-state index contributed by atoms with van der Waals surface area (Å²) in [5.74, 6) is -5.39. The molecule has 0 aromatic rings. The van der Waals surface area contributed by atoms with Crippen LogP contribution < -0.4 is 0 Å². The van der Waals surface area contributed by atoms with Crippen LogP contribution in [0.5, 0.6) is 0 Å². The Balaban J connectivity index is 4.38. The van der Waals surface area contributed by atoms with Gasteiger partial charge in [-0.05, 0) is 0 Å². The minimum atomic E-state index is -4.49. The lowest BCUT2D eigenvalue weighted by atomic mass is 10.3. The normalized spacial score (nSPS) is 14.6. The summed E-state index contributed by atoms with van der Waals surface area (Å²) in [6.45, 7) is 0. The van der Waals surface area contributed by atoms with E-state index in [2.05, 4.69) is 12.6 Å². The molecule has 13 heavy (non-hydrogen) atoms. The summed E-state index contributed by atoms with van der Waals surface area (Å²) in [5.41, 5.74) is 0. The minimum Gasteiger partial charge on any atom is -0.229 e. The maximum atomic E-state index is 12.4. The molecule has 0 aromatic carbocycles. The van der Waals surface area contributed by atoms with E-state index >= 15 is 0 Å². The predicted octanol–water partition coefficient (Wildman–Crippen LogP) is 1.58. The fraction of sp³-hybridized carbons (Fsp3) is 1.00. The van der Waals surface area contributed by atoms with Crippen LogP contribution in [0.1, 0.15) is 6.42 Å². The Morgan fingerprint density at radius 1 is 1.23 bits per heavy atom. The van der Waals surface area contributed by atoms with Gasteiger partial charge in [0.1, 0.15) is 9.84 Å². The lowest BCUT2D eigenvalue weighted by molar-refractivity contribution is -0.151. The first-order valence-electron chi connectivity index (χ1n) is 3.11. The third kappa shape index (κ3) is 4.70. The standard InChI is InChI=1S/C5H8F4O2S2/c1-13(10,11)3-2-4(6,7)5(8,9)12/h12H,2-3H2,1H3. The van der Waals surface area contributed by atoms with E-state index in [1.165, 1.54) is 0 Å². The molecule has 0 radical (unpaired) electrons. The van der Waals surface area contributed by atoms with Crippen molar-refractivity contribution in [3.8, 4) is 0 Å². The molecule has 0 aromatic heterocycles. The molecule has 0 saturated carbocycles. The largest absolute Gasteiger partial charge is 0.353 e. The van der Waals surface area contributed by atoms with Crippen LogP contribution in [0.25, 0.3) is 0 Å². The van der Waals surface area contributed by atoms with Gasteiger partial charge in [0.15, 0.2) is 0 Å². The summed E-state index contributed by atoms with van der Waals surface area (Å²) in [7, 11) is -3.66. The van der Waals surface area contributed by atoms with Gasteiger partial charge >= 0.3 is 11.2 Å². The molecule has 0 aliphatic rings. The molecular weight excluding hydrogens is 232 g/mol. The van der Waals surface area contributed by atoms with E-state index in [4.69, 9.17) is 0 Å². The predicted molar refractivity (Wildman–Crippen MR) is 43.2 cm³/mol. The summed E-state index contributed by atoms with van der Waals surface area (Å²) in [6.07, 6.45) is -0.734. The van der Waals surface area contributed by atoms with Gasteiger partial charge in [-0.25, -0.2) is 8.42 Å². The molecule has 0 bridgehead atoms. The zero-order valence-electron chi connectivity index (χ0n) is 6.60. The summed E-state index contributed by atoms with van der Waals surface area (Å²) in [5, 5.41) is -4.49. The number of thiol groups is 1. The van der Waals surface area contributed by atoms with Crippen molar-refractivity contribution in [2.45, 2.75) is 17.6 Å². The molecule has 2 nitrogen and oxygen atoms in total. The maximum Gasteiger partial charge on any atom is 0.353 e. The van der Waals surface area contributed by atoms with Gasteiger partial charge < -0.3 is 0 Å². The van der Waals surface area contributed by atoms with Crippen LogP contribution in [-0.4, -0.2) is 31.6 Å². The third-order valence-corrected chi connectivity index (χ3v) is 2.50. The lowest BCUT2D eigenvalue weighted by Crippen LogP contribution is -2.37. The summed E-state index contributed by atoms with van der Waals surface area (Å²) in [4.78, 5) is 0. The van der Waals surface area contributed by atoms with Gasteiger partial charge in [0, 0.05) is 12.7 Å². The number of hydrogen-bond donors (Lipinski definition) is 1. The van der Waals surface area contributed by atoms with Crippen molar-refractivity contribution in [3.05, 3.63) is 0 Å². The molecule has 0 N–H and O–H groups in total. The topological polar surface area (TPSA) is 34.1 Å². The van der Waals surface area contributed by atoms with Gasteiger partial charge in [-0.3, -0.25) is 0 Å². The third-order valence-electron chi connectivity index (χ3n) is 1.23. The molecule has 0 fully saturated rings. The Bertz CT molecular complexity index is 267. The Morgan fingerprint density at radius 3 is 1.85 bits per heavy atom. The molecular formula is C5H8F4O2S2. The van der Waals surface area contributed by atoms with Crippen LogP contribution in [0.2, 0.25) is 0 Å². The highest BCUT2D eigenvalue weighted by atomic mass is 32.2. The summed E-state index contributed by atoms with van der Waals surface area (Å²) < 4.78 is 69.5.